The number of carboxylic acids is 1. The monoisotopic (exact) mass is 242 g/mol. The van der Waals surface area contributed by atoms with Gasteiger partial charge in [0.15, 0.2) is 0 Å². The van der Waals surface area contributed by atoms with Crippen LogP contribution in [0.25, 0.3) is 0 Å². The van der Waals surface area contributed by atoms with Gasteiger partial charge >= 0.3 is 5.97 Å². The number of carboxylic acid groups (broad SMARTS) is 1. The van der Waals surface area contributed by atoms with Crippen molar-refractivity contribution in [3.05, 3.63) is 23.6 Å². The Kier molecular flexibility index (Phi) is 4.39. The van der Waals surface area contributed by atoms with Crippen LogP contribution in [-0.2, 0) is 0 Å². The number of carbonyl (C=O) groups is 1. The largest absolute Gasteiger partial charge is 0.478 e. The number of hydrogen-bond donors (Lipinski definition) is 2. The second-order valence-corrected chi connectivity index (χ2v) is 3.89. The molecule has 1 atom stereocenters. The van der Waals surface area contributed by atoms with Gasteiger partial charge in [-0.05, 0) is 19.4 Å². The average molecular weight is 242 g/mol. The number of hydrogen-bond acceptors (Lipinski definition) is 4. The number of pyridine rings is 1. The van der Waals surface area contributed by atoms with E-state index in [0.717, 1.165) is 12.3 Å². The Morgan fingerprint density at radius 1 is 1.65 bits per heavy atom. The number of rotatable bonds is 5. The molecule has 0 aliphatic rings. The van der Waals surface area contributed by atoms with Gasteiger partial charge in [0, 0.05) is 13.6 Å². The van der Waals surface area contributed by atoms with Gasteiger partial charge in [-0.15, -0.1) is 0 Å². The van der Waals surface area contributed by atoms with E-state index in [1.807, 2.05) is 0 Å². The van der Waals surface area contributed by atoms with Crippen molar-refractivity contribution in [2.24, 2.45) is 0 Å². The minimum absolute atomic E-state index is 0.182. The van der Waals surface area contributed by atoms with Gasteiger partial charge in [-0.1, -0.05) is 0 Å². The number of aromatic carboxylic acids is 1. The van der Waals surface area contributed by atoms with Crippen molar-refractivity contribution in [3.63, 3.8) is 0 Å². The van der Waals surface area contributed by atoms with Crippen LogP contribution >= 0.6 is 0 Å². The maximum atomic E-state index is 12.9. The molecule has 0 fully saturated rings. The Bertz CT molecular complexity index is 410. The Hall–Kier alpha value is -1.69. The normalized spacial score (nSPS) is 12.2. The summed E-state index contributed by atoms with van der Waals surface area (Å²) in [6.07, 6.45) is 0.973. The first kappa shape index (κ1) is 13.4. The quantitative estimate of drug-likeness (QED) is 0.809. The summed E-state index contributed by atoms with van der Waals surface area (Å²) in [6.45, 7) is 2.08. The average Bonchev–Trinajstić information content (AvgIpc) is 2.25. The lowest BCUT2D eigenvalue weighted by Crippen LogP contribution is -2.25. The van der Waals surface area contributed by atoms with Crippen LogP contribution in [0.15, 0.2) is 12.3 Å². The lowest BCUT2D eigenvalue weighted by Gasteiger charge is -2.20. The molecule has 0 radical (unpaired) electrons. The van der Waals surface area contributed by atoms with E-state index in [0.29, 0.717) is 13.0 Å². The molecule has 6 heteroatoms. The zero-order valence-electron chi connectivity index (χ0n) is 9.72. The third-order valence-electron chi connectivity index (χ3n) is 2.31. The summed E-state index contributed by atoms with van der Waals surface area (Å²) in [5.41, 5.74) is -0.182. The van der Waals surface area contributed by atoms with Crippen LogP contribution in [0.1, 0.15) is 23.7 Å². The number of aromatic nitrogens is 1. The number of anilines is 1. The fourth-order valence-electron chi connectivity index (χ4n) is 1.38. The van der Waals surface area contributed by atoms with Gasteiger partial charge in [-0.2, -0.15) is 0 Å². The topological polar surface area (TPSA) is 73.7 Å². The maximum Gasteiger partial charge on any atom is 0.339 e. The van der Waals surface area contributed by atoms with Crippen LogP contribution in [0.3, 0.4) is 0 Å². The summed E-state index contributed by atoms with van der Waals surface area (Å²) in [6, 6.07) is 0.934. The van der Waals surface area contributed by atoms with E-state index >= 15 is 0 Å². The molecule has 0 saturated heterocycles. The van der Waals surface area contributed by atoms with Gasteiger partial charge < -0.3 is 15.1 Å². The predicted molar refractivity (Wildman–Crippen MR) is 60.7 cm³/mol. The second-order valence-electron chi connectivity index (χ2n) is 3.89. The highest BCUT2D eigenvalue weighted by atomic mass is 19.1. The molecule has 94 valence electrons. The van der Waals surface area contributed by atoms with Gasteiger partial charge in [0.2, 0.25) is 0 Å². The summed E-state index contributed by atoms with van der Waals surface area (Å²) in [5.74, 6) is -1.72. The van der Waals surface area contributed by atoms with Gasteiger partial charge in [0.1, 0.15) is 17.2 Å². The van der Waals surface area contributed by atoms with Crippen molar-refractivity contribution < 1.29 is 19.4 Å². The minimum Gasteiger partial charge on any atom is -0.478 e. The van der Waals surface area contributed by atoms with E-state index in [1.165, 1.54) is 0 Å². The smallest absolute Gasteiger partial charge is 0.339 e. The van der Waals surface area contributed by atoms with Crippen LogP contribution in [0, 0.1) is 5.82 Å². The molecule has 2 N–H and O–H groups in total. The van der Waals surface area contributed by atoms with Crippen LogP contribution < -0.4 is 4.90 Å². The molecule has 1 unspecified atom stereocenters. The first-order valence-electron chi connectivity index (χ1n) is 5.20. The van der Waals surface area contributed by atoms with Crippen molar-refractivity contribution in [1.82, 2.24) is 4.98 Å². The molecule has 0 aliphatic carbocycles. The first-order valence-corrected chi connectivity index (χ1v) is 5.20. The molecular weight excluding hydrogens is 227 g/mol. The number of aliphatic hydroxyl groups is 1. The standard InChI is InChI=1S/C11H15FN2O3/c1-7(15)3-4-14(2)10-9(11(16)17)5-8(12)6-13-10/h5-7,15H,3-4H2,1-2H3,(H,16,17). The molecule has 0 saturated carbocycles. The van der Waals surface area contributed by atoms with Crippen molar-refractivity contribution >= 4 is 11.8 Å². The third-order valence-corrected chi connectivity index (χ3v) is 2.31. The highest BCUT2D eigenvalue weighted by molar-refractivity contribution is 5.93. The third kappa shape index (κ3) is 3.67. The molecular formula is C11H15FN2O3. The van der Waals surface area contributed by atoms with Crippen LogP contribution in [0.5, 0.6) is 0 Å². The van der Waals surface area contributed by atoms with Crippen molar-refractivity contribution in [3.8, 4) is 0 Å². The Labute approximate surface area is 98.5 Å². The van der Waals surface area contributed by atoms with Gasteiger partial charge in [0.05, 0.1) is 12.3 Å². The minimum atomic E-state index is -1.23. The number of nitrogens with zero attached hydrogens (tertiary/aromatic N) is 2. The molecule has 0 amide bonds. The van der Waals surface area contributed by atoms with E-state index in [2.05, 4.69) is 4.98 Å². The molecule has 1 aromatic heterocycles. The number of halogens is 1. The molecule has 0 aliphatic heterocycles. The fourth-order valence-corrected chi connectivity index (χ4v) is 1.38. The van der Waals surface area contributed by atoms with E-state index in [1.54, 1.807) is 18.9 Å². The van der Waals surface area contributed by atoms with Gasteiger partial charge in [0.25, 0.3) is 0 Å². The molecule has 1 aromatic rings. The molecule has 17 heavy (non-hydrogen) atoms. The summed E-state index contributed by atoms with van der Waals surface area (Å²) in [7, 11) is 1.65. The van der Waals surface area contributed by atoms with Gasteiger partial charge in [-0.3, -0.25) is 0 Å². The van der Waals surface area contributed by atoms with E-state index in [4.69, 9.17) is 10.2 Å². The zero-order chi connectivity index (χ0) is 13.0. The second kappa shape index (κ2) is 5.58. The summed E-state index contributed by atoms with van der Waals surface area (Å²) in [5, 5.41) is 18.1. The highest BCUT2D eigenvalue weighted by Crippen LogP contribution is 2.17. The van der Waals surface area contributed by atoms with Gasteiger partial charge in [-0.25, -0.2) is 14.2 Å². The van der Waals surface area contributed by atoms with Crippen molar-refractivity contribution in [2.75, 3.05) is 18.5 Å². The molecule has 0 bridgehead atoms. The molecule has 0 spiro atoms. The van der Waals surface area contributed by atoms with E-state index in [9.17, 15) is 9.18 Å². The highest BCUT2D eigenvalue weighted by Gasteiger charge is 2.16. The number of aliphatic hydroxyl groups excluding tert-OH is 1. The molecule has 0 aromatic carbocycles. The van der Waals surface area contributed by atoms with Crippen LogP contribution in [-0.4, -0.2) is 40.9 Å². The predicted octanol–water partition coefficient (Wildman–Crippen LogP) is 1.13. The summed E-state index contributed by atoms with van der Waals surface area (Å²) >= 11 is 0. The summed E-state index contributed by atoms with van der Waals surface area (Å²) < 4.78 is 12.9. The molecule has 5 nitrogen and oxygen atoms in total. The van der Waals surface area contributed by atoms with Crippen LogP contribution in [0.2, 0.25) is 0 Å². The van der Waals surface area contributed by atoms with E-state index in [-0.39, 0.29) is 11.4 Å². The first-order chi connectivity index (χ1) is 7.91. The van der Waals surface area contributed by atoms with Crippen molar-refractivity contribution in [2.45, 2.75) is 19.4 Å². The SMILES string of the molecule is CC(O)CCN(C)c1ncc(F)cc1C(=O)O. The zero-order valence-corrected chi connectivity index (χ0v) is 9.72. The Balaban J connectivity index is 2.92. The molecule has 1 rings (SSSR count). The molecule has 1 heterocycles. The lowest BCUT2D eigenvalue weighted by atomic mass is 10.2. The van der Waals surface area contributed by atoms with Crippen LogP contribution in [0.4, 0.5) is 10.2 Å². The maximum absolute atomic E-state index is 12.9. The van der Waals surface area contributed by atoms with Crippen molar-refractivity contribution in [1.29, 1.82) is 0 Å². The lowest BCUT2D eigenvalue weighted by molar-refractivity contribution is 0.0696. The summed E-state index contributed by atoms with van der Waals surface area (Å²) in [4.78, 5) is 16.3. The van der Waals surface area contributed by atoms with E-state index < -0.39 is 17.9 Å². The fraction of sp³-hybridized carbons (Fsp3) is 0.455. The Morgan fingerprint density at radius 2 is 2.29 bits per heavy atom. The Morgan fingerprint density at radius 3 is 2.82 bits per heavy atom.